The summed E-state index contributed by atoms with van der Waals surface area (Å²) >= 11 is 0. The number of aldehydes is 1. The summed E-state index contributed by atoms with van der Waals surface area (Å²) in [4.78, 5) is 20.5. The summed E-state index contributed by atoms with van der Waals surface area (Å²) in [6.07, 6.45) is 0.262. The second-order valence-electron chi connectivity index (χ2n) is 1.49. The molecule has 1 unspecified atom stereocenters. The predicted octanol–water partition coefficient (Wildman–Crippen LogP) is -0.493. The van der Waals surface area contributed by atoms with Crippen molar-refractivity contribution in [2.45, 2.75) is 6.92 Å². The zero-order chi connectivity index (χ0) is 7.98. The molecule has 0 saturated heterocycles. The number of ether oxygens (including phenoxy) is 1. The van der Waals surface area contributed by atoms with Crippen LogP contribution in [0.25, 0.3) is 0 Å². The van der Waals surface area contributed by atoms with Crippen LogP contribution in [0, 0.1) is 17.2 Å². The Bertz CT molecular complexity index is 175. The first kappa shape index (κ1) is 13.8. The van der Waals surface area contributed by atoms with Crippen molar-refractivity contribution in [2.75, 3.05) is 6.61 Å². The van der Waals surface area contributed by atoms with Crippen molar-refractivity contribution in [1.29, 1.82) is 5.26 Å². The number of hydrogen-bond donors (Lipinski definition) is 0. The molecule has 0 fully saturated rings. The van der Waals surface area contributed by atoms with E-state index in [1.165, 1.54) is 6.07 Å². The average molecular weight is 180 g/mol. The van der Waals surface area contributed by atoms with Crippen molar-refractivity contribution in [3.8, 4) is 6.07 Å². The molecule has 0 aliphatic rings. The van der Waals surface area contributed by atoms with Crippen LogP contribution >= 0.6 is 0 Å². The van der Waals surface area contributed by atoms with Gasteiger partial charge in [-0.1, -0.05) is 0 Å². The van der Waals surface area contributed by atoms with E-state index in [4.69, 9.17) is 5.26 Å². The minimum absolute atomic E-state index is 0. The molecule has 1 atom stereocenters. The van der Waals surface area contributed by atoms with Gasteiger partial charge in [0.1, 0.15) is 6.29 Å². The molecule has 1 radical (unpaired) electrons. The number of rotatable bonds is 3. The fourth-order valence-electron chi connectivity index (χ4n) is 0.371. The van der Waals surface area contributed by atoms with Crippen molar-refractivity contribution in [3.05, 3.63) is 0 Å². The molecule has 0 aliphatic carbocycles. The summed E-state index contributed by atoms with van der Waals surface area (Å²) < 4.78 is 4.39. The van der Waals surface area contributed by atoms with Crippen LogP contribution < -0.4 is 0 Å². The van der Waals surface area contributed by atoms with Crippen LogP contribution in [-0.2, 0) is 14.3 Å². The Morgan fingerprint density at radius 3 is 2.64 bits per heavy atom. The van der Waals surface area contributed by atoms with Gasteiger partial charge in [0, 0.05) is 51.4 Å². The van der Waals surface area contributed by atoms with Gasteiger partial charge >= 0.3 is 5.97 Å². The van der Waals surface area contributed by atoms with Crippen LogP contribution in [0.1, 0.15) is 6.92 Å². The van der Waals surface area contributed by atoms with E-state index >= 15 is 0 Å². The Labute approximate surface area is 107 Å². The van der Waals surface area contributed by atoms with Crippen molar-refractivity contribution < 1.29 is 14.3 Å². The maximum atomic E-state index is 10.5. The van der Waals surface area contributed by atoms with Gasteiger partial charge in [-0.2, -0.15) is 5.26 Å². The van der Waals surface area contributed by atoms with Gasteiger partial charge in [-0.3, -0.25) is 4.79 Å². The minimum Gasteiger partial charge on any atom is -0.465 e. The molecule has 0 amide bonds. The van der Waals surface area contributed by atoms with Crippen molar-refractivity contribution >= 4 is 63.6 Å². The van der Waals surface area contributed by atoms with E-state index in [2.05, 4.69) is 4.74 Å². The Balaban J connectivity index is 0. The summed E-state index contributed by atoms with van der Waals surface area (Å²) in [5.41, 5.74) is 0. The minimum atomic E-state index is -1.26. The molecule has 0 bridgehead atoms. The first-order valence-electron chi connectivity index (χ1n) is 2.77. The molecule has 0 rings (SSSR count). The van der Waals surface area contributed by atoms with Crippen LogP contribution in [0.4, 0.5) is 0 Å². The molecule has 0 aromatic carbocycles. The smallest absolute Gasteiger partial charge is 0.330 e. The van der Waals surface area contributed by atoms with Gasteiger partial charge in [-0.15, -0.1) is 0 Å². The number of hydrogen-bond acceptors (Lipinski definition) is 4. The Kier molecular flexibility index (Phi) is 10.5. The molecular formula is C6H7KNO3. The Morgan fingerprint density at radius 2 is 2.36 bits per heavy atom. The molecule has 0 aromatic rings. The van der Waals surface area contributed by atoms with E-state index in [1.54, 1.807) is 6.92 Å². The van der Waals surface area contributed by atoms with Gasteiger partial charge in [0.05, 0.1) is 12.7 Å². The number of nitriles is 1. The van der Waals surface area contributed by atoms with E-state index < -0.39 is 11.9 Å². The van der Waals surface area contributed by atoms with Crippen LogP contribution in [0.15, 0.2) is 0 Å². The van der Waals surface area contributed by atoms with Crippen LogP contribution in [0.2, 0.25) is 0 Å². The fraction of sp³-hybridized carbons (Fsp3) is 0.500. The third-order valence-corrected chi connectivity index (χ3v) is 0.816. The summed E-state index contributed by atoms with van der Waals surface area (Å²) in [6.45, 7) is 1.79. The maximum Gasteiger partial charge on any atom is 0.330 e. The molecule has 4 nitrogen and oxygen atoms in total. The quantitative estimate of drug-likeness (QED) is 0.254. The summed E-state index contributed by atoms with van der Waals surface area (Å²) in [5, 5.41) is 8.14. The standard InChI is InChI=1S/C6H7NO3.K/c1-2-10-6(9)5(3-7)4-8;/h4-5H,2H2,1H3;. The van der Waals surface area contributed by atoms with Crippen LogP contribution in [-0.4, -0.2) is 70.2 Å². The topological polar surface area (TPSA) is 67.2 Å². The van der Waals surface area contributed by atoms with Crippen molar-refractivity contribution in [3.63, 3.8) is 0 Å². The monoisotopic (exact) mass is 180 g/mol. The molecule has 0 saturated carbocycles. The number of nitrogens with zero attached hydrogens (tertiary/aromatic N) is 1. The Hall–Kier alpha value is 0.266. The first-order valence-corrected chi connectivity index (χ1v) is 2.77. The third-order valence-electron chi connectivity index (χ3n) is 0.816. The fourth-order valence-corrected chi connectivity index (χ4v) is 0.371. The van der Waals surface area contributed by atoms with Gasteiger partial charge < -0.3 is 9.53 Å². The van der Waals surface area contributed by atoms with E-state index in [9.17, 15) is 9.59 Å². The average Bonchev–Trinajstić information content (AvgIpc) is 1.91. The number of carbonyl (C=O) groups is 2. The first-order chi connectivity index (χ1) is 4.76. The Morgan fingerprint density at radius 1 is 1.82 bits per heavy atom. The molecular weight excluding hydrogens is 173 g/mol. The SMILES string of the molecule is CCOC(=O)C(C#N)C=O.[K]. The molecule has 0 aromatic heterocycles. The normalized spacial score (nSPS) is 10.2. The van der Waals surface area contributed by atoms with E-state index in [0.29, 0.717) is 0 Å². The summed E-state index contributed by atoms with van der Waals surface area (Å²) in [6, 6.07) is 1.49. The second kappa shape index (κ2) is 8.36. The summed E-state index contributed by atoms with van der Waals surface area (Å²) in [7, 11) is 0. The molecule has 0 heterocycles. The molecule has 0 N–H and O–H groups in total. The molecule has 55 valence electrons. The van der Waals surface area contributed by atoms with E-state index in [-0.39, 0.29) is 64.3 Å². The zero-order valence-electron chi connectivity index (χ0n) is 6.53. The maximum absolute atomic E-state index is 10.5. The largest absolute Gasteiger partial charge is 0.465 e. The third kappa shape index (κ3) is 5.53. The van der Waals surface area contributed by atoms with Crippen molar-refractivity contribution in [2.24, 2.45) is 5.92 Å². The number of esters is 1. The number of carbonyl (C=O) groups excluding carboxylic acids is 2. The molecule has 11 heavy (non-hydrogen) atoms. The van der Waals surface area contributed by atoms with Crippen molar-refractivity contribution in [1.82, 2.24) is 0 Å². The van der Waals surface area contributed by atoms with Crippen LogP contribution in [0.5, 0.6) is 0 Å². The zero-order valence-corrected chi connectivity index (χ0v) is 9.66. The van der Waals surface area contributed by atoms with Gasteiger partial charge in [-0.25, -0.2) is 0 Å². The van der Waals surface area contributed by atoms with Crippen LogP contribution in [0.3, 0.4) is 0 Å². The molecule has 0 spiro atoms. The molecule has 0 aliphatic heterocycles. The second-order valence-corrected chi connectivity index (χ2v) is 1.49. The van der Waals surface area contributed by atoms with Gasteiger partial charge in [0.2, 0.25) is 0 Å². The summed E-state index contributed by atoms with van der Waals surface area (Å²) in [5.74, 6) is -2.04. The van der Waals surface area contributed by atoms with Gasteiger partial charge in [-0.05, 0) is 6.92 Å². The van der Waals surface area contributed by atoms with E-state index in [1.807, 2.05) is 0 Å². The van der Waals surface area contributed by atoms with Gasteiger partial charge in [0.15, 0.2) is 5.92 Å². The van der Waals surface area contributed by atoms with Gasteiger partial charge in [0.25, 0.3) is 0 Å². The van der Waals surface area contributed by atoms with E-state index in [0.717, 1.165) is 0 Å². The molecule has 5 heteroatoms. The predicted molar refractivity (Wildman–Crippen MR) is 37.6 cm³/mol.